The van der Waals surface area contributed by atoms with Crippen LogP contribution in [0.1, 0.15) is 18.4 Å². The molecule has 1 fully saturated rings. The molecule has 1 N–H and O–H groups in total. The van der Waals surface area contributed by atoms with Gasteiger partial charge in [0.1, 0.15) is 5.52 Å². The number of morpholine rings is 1. The van der Waals surface area contributed by atoms with Gasteiger partial charge in [0.15, 0.2) is 11.2 Å². The molecular formula is C19H20N2O3. The fraction of sp³-hybridized carbons (Fsp3) is 0.316. The van der Waals surface area contributed by atoms with Gasteiger partial charge >= 0.3 is 0 Å². The van der Waals surface area contributed by atoms with E-state index < -0.39 is 5.60 Å². The van der Waals surface area contributed by atoms with Crippen LogP contribution in [0.25, 0.3) is 11.1 Å². The van der Waals surface area contributed by atoms with Gasteiger partial charge in [-0.1, -0.05) is 30.3 Å². The number of ether oxygens (including phenoxy) is 1. The van der Waals surface area contributed by atoms with E-state index in [1.54, 1.807) is 6.92 Å². The highest BCUT2D eigenvalue weighted by Crippen LogP contribution is 2.36. The van der Waals surface area contributed by atoms with Gasteiger partial charge in [-0.2, -0.15) is 0 Å². The van der Waals surface area contributed by atoms with Crippen molar-refractivity contribution in [3.05, 3.63) is 60.0 Å². The van der Waals surface area contributed by atoms with Gasteiger partial charge in [-0.15, -0.1) is 0 Å². The van der Waals surface area contributed by atoms with E-state index in [0.29, 0.717) is 24.7 Å². The average Bonchev–Trinajstić information content (AvgIpc) is 3.07. The Balaban J connectivity index is 1.78. The van der Waals surface area contributed by atoms with Gasteiger partial charge in [-0.25, -0.2) is 4.98 Å². The smallest absolute Gasteiger partial charge is 0.231 e. The minimum Gasteiger partial charge on any atom is -0.437 e. The molecule has 0 radical (unpaired) electrons. The molecule has 24 heavy (non-hydrogen) atoms. The molecule has 1 unspecified atom stereocenters. The minimum atomic E-state index is -1.31. The standard InChI is InChI=1S/C19H20N2O3/c1-19(22,18-20-15-7-3-5-9-17(15)24-18)14-6-2-4-8-16(14)21-10-12-23-13-11-21/h2-9,22H,10-13H2,1H3. The number of hydrogen-bond acceptors (Lipinski definition) is 5. The Morgan fingerprint density at radius 1 is 1.04 bits per heavy atom. The molecule has 1 aliphatic rings. The lowest BCUT2D eigenvalue weighted by Crippen LogP contribution is -2.38. The molecule has 0 spiro atoms. The van der Waals surface area contributed by atoms with Crippen LogP contribution in [0.3, 0.4) is 0 Å². The molecule has 1 aliphatic heterocycles. The highest BCUT2D eigenvalue weighted by atomic mass is 16.5. The second-order valence-electron chi connectivity index (χ2n) is 6.18. The third-order valence-electron chi connectivity index (χ3n) is 4.49. The Labute approximate surface area is 140 Å². The molecule has 1 saturated heterocycles. The number of hydrogen-bond donors (Lipinski definition) is 1. The topological polar surface area (TPSA) is 58.7 Å². The van der Waals surface area contributed by atoms with Crippen molar-refractivity contribution in [3.8, 4) is 0 Å². The van der Waals surface area contributed by atoms with Crippen LogP contribution in [0.4, 0.5) is 5.69 Å². The fourth-order valence-corrected chi connectivity index (χ4v) is 3.16. The second-order valence-corrected chi connectivity index (χ2v) is 6.18. The summed E-state index contributed by atoms with van der Waals surface area (Å²) in [5.74, 6) is 0.310. The van der Waals surface area contributed by atoms with E-state index >= 15 is 0 Å². The van der Waals surface area contributed by atoms with Crippen LogP contribution < -0.4 is 4.90 Å². The molecular weight excluding hydrogens is 304 g/mol. The molecule has 0 bridgehead atoms. The van der Waals surface area contributed by atoms with Gasteiger partial charge in [0, 0.05) is 24.3 Å². The van der Waals surface area contributed by atoms with Crippen molar-refractivity contribution in [2.45, 2.75) is 12.5 Å². The molecule has 0 saturated carbocycles. The normalized spacial score (nSPS) is 17.8. The molecule has 0 amide bonds. The maximum Gasteiger partial charge on any atom is 0.231 e. The van der Waals surface area contributed by atoms with Crippen LogP contribution in [0.2, 0.25) is 0 Å². The van der Waals surface area contributed by atoms with Crippen LogP contribution in [0.5, 0.6) is 0 Å². The third-order valence-corrected chi connectivity index (χ3v) is 4.49. The van der Waals surface area contributed by atoms with Crippen LogP contribution in [0.15, 0.2) is 52.9 Å². The predicted octanol–water partition coefficient (Wildman–Crippen LogP) is 2.92. The van der Waals surface area contributed by atoms with Crippen molar-refractivity contribution >= 4 is 16.8 Å². The average molecular weight is 324 g/mol. The van der Waals surface area contributed by atoms with E-state index in [-0.39, 0.29) is 0 Å². The van der Waals surface area contributed by atoms with Gasteiger partial charge in [0.05, 0.1) is 13.2 Å². The van der Waals surface area contributed by atoms with Crippen molar-refractivity contribution in [1.29, 1.82) is 0 Å². The number of aliphatic hydroxyl groups is 1. The number of fused-ring (bicyclic) bond motifs is 1. The van der Waals surface area contributed by atoms with Crippen molar-refractivity contribution in [2.24, 2.45) is 0 Å². The summed E-state index contributed by atoms with van der Waals surface area (Å²) in [6.45, 7) is 4.73. The zero-order valence-corrected chi connectivity index (χ0v) is 13.6. The van der Waals surface area contributed by atoms with Gasteiger partial charge in [0.25, 0.3) is 0 Å². The Morgan fingerprint density at radius 2 is 1.75 bits per heavy atom. The van der Waals surface area contributed by atoms with E-state index in [2.05, 4.69) is 9.88 Å². The summed E-state index contributed by atoms with van der Waals surface area (Å²) in [4.78, 5) is 6.72. The summed E-state index contributed by atoms with van der Waals surface area (Å²) in [6.07, 6.45) is 0. The first-order valence-electron chi connectivity index (χ1n) is 8.17. The highest BCUT2D eigenvalue weighted by Gasteiger charge is 2.35. The molecule has 5 nitrogen and oxygen atoms in total. The van der Waals surface area contributed by atoms with E-state index in [9.17, 15) is 5.11 Å². The van der Waals surface area contributed by atoms with Gasteiger partial charge in [-0.3, -0.25) is 0 Å². The van der Waals surface area contributed by atoms with Crippen molar-refractivity contribution in [3.63, 3.8) is 0 Å². The Bertz CT molecular complexity index is 817. The van der Waals surface area contributed by atoms with Crippen molar-refractivity contribution in [2.75, 3.05) is 31.2 Å². The van der Waals surface area contributed by atoms with E-state index in [1.165, 1.54) is 0 Å². The minimum absolute atomic E-state index is 0.310. The number of anilines is 1. The lowest BCUT2D eigenvalue weighted by molar-refractivity contribution is 0.0723. The number of benzene rings is 2. The maximum atomic E-state index is 11.3. The molecule has 1 aromatic heterocycles. The monoisotopic (exact) mass is 324 g/mol. The molecule has 1 atom stereocenters. The van der Waals surface area contributed by atoms with Crippen molar-refractivity contribution in [1.82, 2.24) is 4.98 Å². The predicted molar refractivity (Wildman–Crippen MR) is 92.2 cm³/mol. The van der Waals surface area contributed by atoms with Crippen LogP contribution in [0, 0.1) is 0 Å². The van der Waals surface area contributed by atoms with E-state index in [1.807, 2.05) is 48.5 Å². The molecule has 3 aromatic rings. The van der Waals surface area contributed by atoms with Crippen molar-refractivity contribution < 1.29 is 14.3 Å². The second kappa shape index (κ2) is 5.92. The first kappa shape index (κ1) is 15.2. The lowest BCUT2D eigenvalue weighted by atomic mass is 9.93. The lowest BCUT2D eigenvalue weighted by Gasteiger charge is -2.33. The largest absolute Gasteiger partial charge is 0.437 e. The van der Waals surface area contributed by atoms with Crippen LogP contribution in [-0.4, -0.2) is 36.4 Å². The van der Waals surface area contributed by atoms with E-state index in [0.717, 1.165) is 29.9 Å². The molecule has 124 valence electrons. The first-order valence-corrected chi connectivity index (χ1v) is 8.17. The SMILES string of the molecule is CC(O)(c1nc2ccccc2o1)c1ccccc1N1CCOCC1. The summed E-state index contributed by atoms with van der Waals surface area (Å²) >= 11 is 0. The van der Waals surface area contributed by atoms with Gasteiger partial charge in [-0.05, 0) is 25.1 Å². The number of rotatable bonds is 3. The third kappa shape index (κ3) is 2.56. The first-order chi connectivity index (χ1) is 11.7. The quantitative estimate of drug-likeness (QED) is 0.803. The summed E-state index contributed by atoms with van der Waals surface area (Å²) in [6, 6.07) is 15.4. The number of aromatic nitrogens is 1. The summed E-state index contributed by atoms with van der Waals surface area (Å²) in [7, 11) is 0. The fourth-order valence-electron chi connectivity index (χ4n) is 3.16. The zero-order valence-electron chi connectivity index (χ0n) is 13.6. The summed E-state index contributed by atoms with van der Waals surface area (Å²) < 4.78 is 11.3. The van der Waals surface area contributed by atoms with Gasteiger partial charge in [0.2, 0.25) is 5.89 Å². The molecule has 2 heterocycles. The van der Waals surface area contributed by atoms with E-state index in [4.69, 9.17) is 9.15 Å². The Hall–Kier alpha value is -2.37. The summed E-state index contributed by atoms with van der Waals surface area (Å²) in [5, 5.41) is 11.3. The number of para-hydroxylation sites is 3. The molecule has 4 rings (SSSR count). The molecule has 2 aromatic carbocycles. The maximum absolute atomic E-state index is 11.3. The Morgan fingerprint density at radius 3 is 2.54 bits per heavy atom. The molecule has 0 aliphatic carbocycles. The highest BCUT2D eigenvalue weighted by molar-refractivity contribution is 5.72. The van der Waals surface area contributed by atoms with Gasteiger partial charge < -0.3 is 19.2 Å². The zero-order chi connectivity index (χ0) is 16.6. The Kier molecular flexibility index (Phi) is 3.75. The molecule has 5 heteroatoms. The number of oxazole rings is 1. The van der Waals surface area contributed by atoms with Crippen LogP contribution in [-0.2, 0) is 10.3 Å². The number of nitrogens with zero attached hydrogens (tertiary/aromatic N) is 2. The summed E-state index contributed by atoms with van der Waals surface area (Å²) in [5.41, 5.74) is 1.90. The van der Waals surface area contributed by atoms with Crippen LogP contribution >= 0.6 is 0 Å².